The molecule has 1 atom stereocenters. The maximum Gasteiger partial charge on any atom is 0.224 e. The minimum absolute atomic E-state index is 0.319. The first-order chi connectivity index (χ1) is 9.19. The van der Waals surface area contributed by atoms with Crippen LogP contribution in [0.2, 0.25) is 0 Å². The number of anilines is 2. The van der Waals surface area contributed by atoms with E-state index in [1.165, 1.54) is 4.88 Å². The van der Waals surface area contributed by atoms with Gasteiger partial charge >= 0.3 is 0 Å². The molecule has 102 valence electrons. The Morgan fingerprint density at radius 1 is 1.47 bits per heavy atom. The van der Waals surface area contributed by atoms with E-state index in [9.17, 15) is 0 Å². The zero-order valence-corrected chi connectivity index (χ0v) is 13.4. The number of hydrogen-bond donors (Lipinski definition) is 2. The third kappa shape index (κ3) is 4.18. The summed E-state index contributed by atoms with van der Waals surface area (Å²) in [5, 5.41) is 8.63. The van der Waals surface area contributed by atoms with Crippen molar-refractivity contribution in [3.8, 4) is 0 Å². The lowest BCUT2D eigenvalue weighted by molar-refractivity contribution is 0.792. The minimum Gasteiger partial charge on any atom is -0.366 e. The molecule has 0 amide bonds. The van der Waals surface area contributed by atoms with Gasteiger partial charge in [0, 0.05) is 30.1 Å². The largest absolute Gasteiger partial charge is 0.366 e. The number of aromatic nitrogens is 2. The maximum atomic E-state index is 4.45. The average molecular weight is 341 g/mol. The van der Waals surface area contributed by atoms with Crippen molar-refractivity contribution < 1.29 is 0 Å². The molecule has 19 heavy (non-hydrogen) atoms. The smallest absolute Gasteiger partial charge is 0.224 e. The van der Waals surface area contributed by atoms with Crippen molar-refractivity contribution in [2.75, 3.05) is 17.2 Å². The van der Waals surface area contributed by atoms with Gasteiger partial charge in [0.1, 0.15) is 5.82 Å². The summed E-state index contributed by atoms with van der Waals surface area (Å²) in [5.41, 5.74) is 0. The van der Waals surface area contributed by atoms with Crippen LogP contribution in [0.25, 0.3) is 0 Å². The summed E-state index contributed by atoms with van der Waals surface area (Å²) < 4.78 is 0.882. The van der Waals surface area contributed by atoms with Gasteiger partial charge < -0.3 is 10.6 Å². The van der Waals surface area contributed by atoms with Gasteiger partial charge in [-0.25, -0.2) is 4.98 Å². The second-order valence-corrected chi connectivity index (χ2v) is 6.14. The molecule has 0 fully saturated rings. The fraction of sp³-hybridized carbons (Fsp3) is 0.385. The quantitative estimate of drug-likeness (QED) is 0.840. The van der Waals surface area contributed by atoms with Crippen molar-refractivity contribution in [1.82, 2.24) is 9.97 Å². The molecule has 4 nitrogen and oxygen atoms in total. The van der Waals surface area contributed by atoms with E-state index in [0.29, 0.717) is 12.0 Å². The molecule has 0 saturated heterocycles. The van der Waals surface area contributed by atoms with Crippen molar-refractivity contribution in [3.05, 3.63) is 33.1 Å². The molecular weight excluding hydrogens is 324 g/mol. The Morgan fingerprint density at radius 2 is 2.32 bits per heavy atom. The van der Waals surface area contributed by atoms with Gasteiger partial charge in [0.05, 0.1) is 4.47 Å². The summed E-state index contributed by atoms with van der Waals surface area (Å²) in [6.45, 7) is 4.99. The van der Waals surface area contributed by atoms with Gasteiger partial charge in [0.15, 0.2) is 0 Å². The third-order valence-corrected chi connectivity index (χ3v) is 4.03. The van der Waals surface area contributed by atoms with Gasteiger partial charge in [-0.05, 0) is 41.2 Å². The van der Waals surface area contributed by atoms with Crippen LogP contribution in [0.4, 0.5) is 11.8 Å². The summed E-state index contributed by atoms with van der Waals surface area (Å²) in [4.78, 5) is 10.0. The van der Waals surface area contributed by atoms with Crippen LogP contribution < -0.4 is 10.6 Å². The topological polar surface area (TPSA) is 49.8 Å². The molecule has 1 unspecified atom stereocenters. The van der Waals surface area contributed by atoms with Crippen molar-refractivity contribution >= 4 is 39.0 Å². The first kappa shape index (κ1) is 14.3. The van der Waals surface area contributed by atoms with E-state index in [4.69, 9.17) is 0 Å². The van der Waals surface area contributed by atoms with Gasteiger partial charge in [-0.2, -0.15) is 4.98 Å². The molecule has 0 aliphatic rings. The first-order valence-corrected chi connectivity index (χ1v) is 7.91. The number of halogens is 1. The zero-order chi connectivity index (χ0) is 13.7. The van der Waals surface area contributed by atoms with Gasteiger partial charge in [-0.3, -0.25) is 0 Å². The Kier molecular flexibility index (Phi) is 5.15. The number of nitrogens with one attached hydrogen (secondary N) is 2. The lowest BCUT2D eigenvalue weighted by atomic mass is 10.2. The monoisotopic (exact) mass is 340 g/mol. The fourth-order valence-electron chi connectivity index (χ4n) is 1.73. The second kappa shape index (κ2) is 6.86. The summed E-state index contributed by atoms with van der Waals surface area (Å²) in [5.74, 6) is 1.48. The lowest BCUT2D eigenvalue weighted by Crippen LogP contribution is -2.19. The number of thiophene rings is 1. The number of hydrogen-bond acceptors (Lipinski definition) is 5. The van der Waals surface area contributed by atoms with E-state index in [1.54, 1.807) is 17.5 Å². The van der Waals surface area contributed by atoms with Crippen LogP contribution in [0.3, 0.4) is 0 Å². The second-order valence-electron chi connectivity index (χ2n) is 4.25. The van der Waals surface area contributed by atoms with Crippen LogP contribution in [0.15, 0.2) is 28.2 Å². The zero-order valence-electron chi connectivity index (χ0n) is 11.0. The molecule has 2 N–H and O–H groups in total. The number of rotatable bonds is 6. The Balaban J connectivity index is 2.02. The van der Waals surface area contributed by atoms with Crippen LogP contribution in [0, 0.1) is 0 Å². The summed E-state index contributed by atoms with van der Waals surface area (Å²) in [6, 6.07) is 4.55. The van der Waals surface area contributed by atoms with Crippen molar-refractivity contribution in [1.29, 1.82) is 0 Å². The molecule has 0 saturated carbocycles. The minimum atomic E-state index is 0.319. The molecular formula is C13H17BrN4S. The highest BCUT2D eigenvalue weighted by atomic mass is 79.9. The van der Waals surface area contributed by atoms with Crippen LogP contribution in [0.5, 0.6) is 0 Å². The van der Waals surface area contributed by atoms with Gasteiger partial charge in [-0.1, -0.05) is 6.07 Å². The molecule has 2 aromatic heterocycles. The molecule has 0 aliphatic heterocycles. The molecule has 2 aromatic rings. The van der Waals surface area contributed by atoms with E-state index in [0.717, 1.165) is 23.3 Å². The van der Waals surface area contributed by atoms with Gasteiger partial charge in [0.2, 0.25) is 5.95 Å². The number of nitrogens with zero attached hydrogens (tertiary/aromatic N) is 2. The molecule has 0 aromatic carbocycles. The van der Waals surface area contributed by atoms with E-state index >= 15 is 0 Å². The van der Waals surface area contributed by atoms with Crippen molar-refractivity contribution in [3.63, 3.8) is 0 Å². The highest BCUT2D eigenvalue weighted by Crippen LogP contribution is 2.22. The fourth-order valence-corrected chi connectivity index (χ4v) is 2.87. The van der Waals surface area contributed by atoms with E-state index in [2.05, 4.69) is 61.0 Å². The standard InChI is InChI=1S/C13H17BrN4S/c1-3-15-13-16-8-11(14)12(18-13)17-9(2)7-10-5-4-6-19-10/h4-6,8-9H,3,7H2,1-2H3,(H2,15,16,17,18). The summed E-state index contributed by atoms with van der Waals surface area (Å²) in [7, 11) is 0. The van der Waals surface area contributed by atoms with E-state index in [1.807, 2.05) is 6.92 Å². The molecule has 0 radical (unpaired) electrons. The predicted molar refractivity (Wildman–Crippen MR) is 85.0 cm³/mol. The summed E-state index contributed by atoms with van der Waals surface area (Å²) >= 11 is 5.26. The van der Waals surface area contributed by atoms with Crippen molar-refractivity contribution in [2.24, 2.45) is 0 Å². The lowest BCUT2D eigenvalue weighted by Gasteiger charge is -2.15. The van der Waals surface area contributed by atoms with Crippen LogP contribution >= 0.6 is 27.3 Å². The van der Waals surface area contributed by atoms with Crippen molar-refractivity contribution in [2.45, 2.75) is 26.3 Å². The van der Waals surface area contributed by atoms with Crippen LogP contribution in [-0.2, 0) is 6.42 Å². The summed E-state index contributed by atoms with van der Waals surface area (Å²) in [6.07, 6.45) is 2.76. The van der Waals surface area contributed by atoms with Crippen LogP contribution in [-0.4, -0.2) is 22.6 Å². The Labute approximate surface area is 125 Å². The highest BCUT2D eigenvalue weighted by Gasteiger charge is 2.09. The van der Waals surface area contributed by atoms with Gasteiger partial charge in [-0.15, -0.1) is 11.3 Å². The molecule has 2 heterocycles. The first-order valence-electron chi connectivity index (χ1n) is 6.24. The molecule has 0 aliphatic carbocycles. The Bertz CT molecular complexity index is 515. The Morgan fingerprint density at radius 3 is 3.00 bits per heavy atom. The molecule has 6 heteroatoms. The third-order valence-electron chi connectivity index (χ3n) is 2.55. The normalized spacial score (nSPS) is 12.2. The average Bonchev–Trinajstić information content (AvgIpc) is 2.86. The SMILES string of the molecule is CCNc1ncc(Br)c(NC(C)Cc2cccs2)n1. The van der Waals surface area contributed by atoms with E-state index in [-0.39, 0.29) is 0 Å². The predicted octanol–water partition coefficient (Wildman–Crippen LogP) is 3.78. The van der Waals surface area contributed by atoms with E-state index < -0.39 is 0 Å². The highest BCUT2D eigenvalue weighted by molar-refractivity contribution is 9.10. The molecule has 0 spiro atoms. The molecule has 2 rings (SSSR count). The van der Waals surface area contributed by atoms with Crippen LogP contribution in [0.1, 0.15) is 18.7 Å². The van der Waals surface area contributed by atoms with Gasteiger partial charge in [0.25, 0.3) is 0 Å². The molecule has 0 bridgehead atoms. The Hall–Kier alpha value is -1.14. The maximum absolute atomic E-state index is 4.45.